The van der Waals surface area contributed by atoms with Crippen LogP contribution in [0.3, 0.4) is 0 Å². The number of hydrogen-bond donors (Lipinski definition) is 1. The maximum absolute atomic E-state index is 11.0. The Morgan fingerprint density at radius 3 is 2.69 bits per heavy atom. The fraction of sp³-hybridized carbons (Fsp3) is 0.417. The summed E-state index contributed by atoms with van der Waals surface area (Å²) in [4.78, 5) is 12.8. The Morgan fingerprint density at radius 1 is 1.56 bits per heavy atom. The van der Waals surface area contributed by atoms with Gasteiger partial charge in [-0.05, 0) is 38.5 Å². The molecule has 1 aromatic carbocycles. The maximum atomic E-state index is 11.0. The van der Waals surface area contributed by atoms with Crippen LogP contribution < -0.4 is 4.90 Å². The SMILES string of the molecule is CCN(c1cccc(Cl)c1C)[C@H](C)C(=O)O. The molecule has 0 aromatic heterocycles. The molecule has 4 heteroatoms. The van der Waals surface area contributed by atoms with Crippen LogP contribution in [0, 0.1) is 6.92 Å². The number of carbonyl (C=O) groups is 1. The molecule has 16 heavy (non-hydrogen) atoms. The number of carboxylic acids is 1. The summed E-state index contributed by atoms with van der Waals surface area (Å²) < 4.78 is 0. The summed E-state index contributed by atoms with van der Waals surface area (Å²) in [5, 5.41) is 9.69. The van der Waals surface area contributed by atoms with Gasteiger partial charge in [0.25, 0.3) is 0 Å². The lowest BCUT2D eigenvalue weighted by molar-refractivity contribution is -0.138. The third kappa shape index (κ3) is 2.47. The van der Waals surface area contributed by atoms with E-state index in [2.05, 4.69) is 0 Å². The topological polar surface area (TPSA) is 40.5 Å². The van der Waals surface area contributed by atoms with Gasteiger partial charge in [-0.1, -0.05) is 17.7 Å². The van der Waals surface area contributed by atoms with Crippen LogP contribution in [-0.2, 0) is 4.79 Å². The van der Waals surface area contributed by atoms with Gasteiger partial charge in [0.1, 0.15) is 6.04 Å². The van der Waals surface area contributed by atoms with Gasteiger partial charge in [-0.15, -0.1) is 0 Å². The molecular formula is C12H16ClNO2. The molecular weight excluding hydrogens is 226 g/mol. The number of likely N-dealkylation sites (N-methyl/N-ethyl adjacent to an activating group) is 1. The first kappa shape index (κ1) is 12.8. The summed E-state index contributed by atoms with van der Waals surface area (Å²) in [5.74, 6) is -0.832. The van der Waals surface area contributed by atoms with E-state index < -0.39 is 12.0 Å². The monoisotopic (exact) mass is 241 g/mol. The summed E-state index contributed by atoms with van der Waals surface area (Å²) in [7, 11) is 0. The number of hydrogen-bond acceptors (Lipinski definition) is 2. The summed E-state index contributed by atoms with van der Waals surface area (Å²) in [6.45, 7) is 6.13. The van der Waals surface area contributed by atoms with E-state index in [0.717, 1.165) is 11.3 Å². The number of halogens is 1. The third-order valence-corrected chi connectivity index (χ3v) is 3.12. The highest BCUT2D eigenvalue weighted by molar-refractivity contribution is 6.31. The molecule has 1 atom stereocenters. The fourth-order valence-electron chi connectivity index (χ4n) is 1.69. The first-order valence-electron chi connectivity index (χ1n) is 5.23. The fourth-order valence-corrected chi connectivity index (χ4v) is 1.86. The Bertz CT molecular complexity index is 393. The lowest BCUT2D eigenvalue weighted by Crippen LogP contribution is -2.39. The van der Waals surface area contributed by atoms with Crippen molar-refractivity contribution in [1.82, 2.24) is 0 Å². The number of benzene rings is 1. The zero-order valence-electron chi connectivity index (χ0n) is 9.70. The standard InChI is InChI=1S/C12H16ClNO2/c1-4-14(9(3)12(15)16)11-7-5-6-10(13)8(11)2/h5-7,9H,4H2,1-3H3,(H,15,16)/t9-/m1/s1. The first-order chi connectivity index (χ1) is 7.49. The van der Waals surface area contributed by atoms with Crippen LogP contribution in [0.2, 0.25) is 5.02 Å². The van der Waals surface area contributed by atoms with E-state index in [1.54, 1.807) is 13.0 Å². The molecule has 0 bridgehead atoms. The Labute approximate surface area is 101 Å². The molecule has 0 heterocycles. The van der Waals surface area contributed by atoms with Crippen LogP contribution in [0.5, 0.6) is 0 Å². The summed E-state index contributed by atoms with van der Waals surface area (Å²) >= 11 is 6.03. The van der Waals surface area contributed by atoms with Crippen LogP contribution >= 0.6 is 11.6 Å². The largest absolute Gasteiger partial charge is 0.480 e. The minimum absolute atomic E-state index is 0.554. The van der Waals surface area contributed by atoms with Gasteiger partial charge in [-0.3, -0.25) is 0 Å². The molecule has 0 saturated heterocycles. The molecule has 1 aromatic rings. The molecule has 0 aliphatic carbocycles. The lowest BCUT2D eigenvalue weighted by atomic mass is 10.1. The molecule has 0 aliphatic heterocycles. The average Bonchev–Trinajstić information content (AvgIpc) is 2.24. The van der Waals surface area contributed by atoms with E-state index in [9.17, 15) is 4.79 Å². The van der Waals surface area contributed by atoms with Crippen LogP contribution in [0.25, 0.3) is 0 Å². The normalized spacial score (nSPS) is 12.2. The zero-order valence-corrected chi connectivity index (χ0v) is 10.5. The molecule has 3 nitrogen and oxygen atoms in total. The molecule has 0 amide bonds. The van der Waals surface area contributed by atoms with Crippen LogP contribution in [0.4, 0.5) is 5.69 Å². The molecule has 88 valence electrons. The Hall–Kier alpha value is -1.22. The maximum Gasteiger partial charge on any atom is 0.326 e. The first-order valence-corrected chi connectivity index (χ1v) is 5.61. The molecule has 0 aliphatic rings. The number of carboxylic acid groups (broad SMARTS) is 1. The Morgan fingerprint density at radius 2 is 2.19 bits per heavy atom. The van der Waals surface area contributed by atoms with Crippen molar-refractivity contribution < 1.29 is 9.90 Å². The van der Waals surface area contributed by atoms with Crippen molar-refractivity contribution in [2.75, 3.05) is 11.4 Å². The van der Waals surface area contributed by atoms with Gasteiger partial charge in [-0.2, -0.15) is 0 Å². The van der Waals surface area contributed by atoms with E-state index >= 15 is 0 Å². The molecule has 0 radical (unpaired) electrons. The molecule has 0 unspecified atom stereocenters. The minimum Gasteiger partial charge on any atom is -0.480 e. The summed E-state index contributed by atoms with van der Waals surface area (Å²) in [6, 6.07) is 4.98. The van der Waals surface area contributed by atoms with Crippen molar-refractivity contribution >= 4 is 23.3 Å². The van der Waals surface area contributed by atoms with Crippen LogP contribution in [-0.4, -0.2) is 23.7 Å². The Balaban J connectivity index is 3.13. The van der Waals surface area contributed by atoms with Gasteiger partial charge in [0, 0.05) is 17.3 Å². The number of anilines is 1. The van der Waals surface area contributed by atoms with Gasteiger partial charge in [0.15, 0.2) is 0 Å². The van der Waals surface area contributed by atoms with Crippen molar-refractivity contribution in [3.63, 3.8) is 0 Å². The minimum atomic E-state index is -0.832. The van der Waals surface area contributed by atoms with Gasteiger partial charge in [0.05, 0.1) is 0 Å². The average molecular weight is 242 g/mol. The van der Waals surface area contributed by atoms with E-state index in [4.69, 9.17) is 16.7 Å². The quantitative estimate of drug-likeness (QED) is 0.881. The highest BCUT2D eigenvalue weighted by atomic mass is 35.5. The van der Waals surface area contributed by atoms with Crippen LogP contribution in [0.1, 0.15) is 19.4 Å². The lowest BCUT2D eigenvalue weighted by Gasteiger charge is -2.29. The van der Waals surface area contributed by atoms with Crippen molar-refractivity contribution in [1.29, 1.82) is 0 Å². The van der Waals surface area contributed by atoms with Gasteiger partial charge in [-0.25, -0.2) is 4.79 Å². The second-order valence-corrected chi connectivity index (χ2v) is 4.09. The van der Waals surface area contributed by atoms with Crippen molar-refractivity contribution in [3.05, 3.63) is 28.8 Å². The third-order valence-electron chi connectivity index (χ3n) is 2.71. The molecule has 0 fully saturated rings. The molecule has 1 rings (SSSR count). The van der Waals surface area contributed by atoms with Crippen molar-refractivity contribution in [2.24, 2.45) is 0 Å². The highest BCUT2D eigenvalue weighted by Crippen LogP contribution is 2.27. The predicted molar refractivity (Wildman–Crippen MR) is 66.3 cm³/mol. The second-order valence-electron chi connectivity index (χ2n) is 3.68. The van der Waals surface area contributed by atoms with E-state index in [1.807, 2.05) is 30.9 Å². The summed E-state index contributed by atoms with van der Waals surface area (Å²) in [6.07, 6.45) is 0. The highest BCUT2D eigenvalue weighted by Gasteiger charge is 2.21. The molecule has 1 N–H and O–H groups in total. The summed E-state index contributed by atoms with van der Waals surface area (Å²) in [5.41, 5.74) is 1.80. The predicted octanol–water partition coefficient (Wildman–Crippen LogP) is 2.95. The van der Waals surface area contributed by atoms with Gasteiger partial charge < -0.3 is 10.0 Å². The van der Waals surface area contributed by atoms with E-state index in [0.29, 0.717) is 11.6 Å². The molecule has 0 saturated carbocycles. The number of rotatable bonds is 4. The van der Waals surface area contributed by atoms with Gasteiger partial charge in [0.2, 0.25) is 0 Å². The van der Waals surface area contributed by atoms with Crippen molar-refractivity contribution in [2.45, 2.75) is 26.8 Å². The Kier molecular flexibility index (Phi) is 4.19. The zero-order chi connectivity index (χ0) is 12.3. The number of nitrogens with zero attached hydrogens (tertiary/aromatic N) is 1. The smallest absolute Gasteiger partial charge is 0.326 e. The van der Waals surface area contributed by atoms with Gasteiger partial charge >= 0.3 is 5.97 Å². The van der Waals surface area contributed by atoms with Crippen LogP contribution in [0.15, 0.2) is 18.2 Å². The van der Waals surface area contributed by atoms with E-state index in [1.165, 1.54) is 0 Å². The molecule has 0 spiro atoms. The number of aliphatic carboxylic acids is 1. The van der Waals surface area contributed by atoms with Crippen molar-refractivity contribution in [3.8, 4) is 0 Å². The van der Waals surface area contributed by atoms with E-state index in [-0.39, 0.29) is 0 Å². The second kappa shape index (κ2) is 5.21.